The third-order valence-electron chi connectivity index (χ3n) is 2.86. The Morgan fingerprint density at radius 1 is 1.35 bits per heavy atom. The van der Waals surface area contributed by atoms with Crippen LogP contribution in [0.15, 0.2) is 18.2 Å². The van der Waals surface area contributed by atoms with Crippen LogP contribution in [0.3, 0.4) is 0 Å². The highest BCUT2D eigenvalue weighted by Gasteiger charge is 2.45. The van der Waals surface area contributed by atoms with Crippen LogP contribution in [-0.4, -0.2) is 18.2 Å². The van der Waals surface area contributed by atoms with Crippen molar-refractivity contribution in [2.45, 2.75) is 38.3 Å². The maximum Gasteiger partial charge on any atom is 0.168 e. The summed E-state index contributed by atoms with van der Waals surface area (Å²) >= 11 is 0. The molecule has 0 unspecified atom stereocenters. The van der Waals surface area contributed by atoms with Crippen molar-refractivity contribution in [1.82, 2.24) is 5.32 Å². The topological polar surface area (TPSA) is 21.3 Å². The maximum atomic E-state index is 13.4. The molecular weight excluding hydrogens is 224 g/mol. The van der Waals surface area contributed by atoms with Crippen LogP contribution < -0.4 is 10.1 Å². The third kappa shape index (κ3) is 3.16. The molecule has 1 aromatic rings. The van der Waals surface area contributed by atoms with Gasteiger partial charge in [0.15, 0.2) is 11.6 Å². The van der Waals surface area contributed by atoms with E-state index in [1.165, 1.54) is 12.1 Å². The van der Waals surface area contributed by atoms with Crippen LogP contribution in [0.1, 0.15) is 26.7 Å². The van der Waals surface area contributed by atoms with E-state index >= 15 is 0 Å². The van der Waals surface area contributed by atoms with Crippen molar-refractivity contribution in [3.63, 3.8) is 0 Å². The molecule has 0 atom stereocenters. The molecule has 1 aliphatic carbocycles. The van der Waals surface area contributed by atoms with E-state index < -0.39 is 11.6 Å². The molecule has 94 valence electrons. The fourth-order valence-corrected chi connectivity index (χ4v) is 1.64. The predicted octanol–water partition coefficient (Wildman–Crippen LogP) is 2.87. The van der Waals surface area contributed by atoms with Gasteiger partial charge in [0.05, 0.1) is 0 Å². The van der Waals surface area contributed by atoms with Gasteiger partial charge in [-0.3, -0.25) is 0 Å². The number of benzene rings is 1. The van der Waals surface area contributed by atoms with E-state index in [1.54, 1.807) is 0 Å². The molecule has 2 nitrogen and oxygen atoms in total. The number of halogens is 2. The molecular formula is C13H17F2NO. The van der Waals surface area contributed by atoms with Crippen LogP contribution >= 0.6 is 0 Å². The predicted molar refractivity (Wildman–Crippen MR) is 62.1 cm³/mol. The van der Waals surface area contributed by atoms with Gasteiger partial charge < -0.3 is 10.1 Å². The zero-order chi connectivity index (χ0) is 12.5. The van der Waals surface area contributed by atoms with Crippen molar-refractivity contribution in [2.75, 3.05) is 6.54 Å². The normalized spacial score (nSPS) is 17.2. The van der Waals surface area contributed by atoms with Crippen LogP contribution in [0.25, 0.3) is 0 Å². The first-order valence-corrected chi connectivity index (χ1v) is 5.88. The van der Waals surface area contributed by atoms with Gasteiger partial charge in [0.25, 0.3) is 0 Å². The second-order valence-electron chi connectivity index (χ2n) is 4.90. The fraction of sp³-hybridized carbons (Fsp3) is 0.538. The lowest BCUT2D eigenvalue weighted by molar-refractivity contribution is 0.164. The highest BCUT2D eigenvalue weighted by Crippen LogP contribution is 2.40. The average molecular weight is 241 g/mol. The molecule has 1 saturated carbocycles. The molecule has 0 saturated heterocycles. The lowest BCUT2D eigenvalue weighted by Crippen LogP contribution is -2.37. The smallest absolute Gasteiger partial charge is 0.168 e. The molecule has 1 N–H and O–H groups in total. The Bertz CT molecular complexity index is 402. The standard InChI is InChI=1S/C13H17F2NO/c1-9(2)16-8-13(5-6-13)17-12-4-3-10(14)7-11(12)15/h3-4,7,9,16H,5-6,8H2,1-2H3. The zero-order valence-corrected chi connectivity index (χ0v) is 10.1. The molecule has 0 spiro atoms. The van der Waals surface area contributed by atoms with Crippen molar-refractivity contribution >= 4 is 0 Å². The number of rotatable bonds is 5. The van der Waals surface area contributed by atoms with Crippen LogP contribution in [0.5, 0.6) is 5.75 Å². The number of ether oxygens (including phenoxy) is 1. The first-order chi connectivity index (χ1) is 8.01. The molecule has 0 amide bonds. The summed E-state index contributed by atoms with van der Waals surface area (Å²) in [7, 11) is 0. The molecule has 0 aliphatic heterocycles. The van der Waals surface area contributed by atoms with E-state index in [-0.39, 0.29) is 11.4 Å². The SMILES string of the molecule is CC(C)NCC1(Oc2ccc(F)cc2F)CC1. The van der Waals surface area contributed by atoms with Crippen molar-refractivity contribution in [2.24, 2.45) is 0 Å². The highest BCUT2D eigenvalue weighted by molar-refractivity contribution is 5.26. The van der Waals surface area contributed by atoms with Gasteiger partial charge >= 0.3 is 0 Å². The summed E-state index contributed by atoms with van der Waals surface area (Å²) < 4.78 is 31.8. The monoisotopic (exact) mass is 241 g/mol. The Labute approximate surface area is 100.0 Å². The Morgan fingerprint density at radius 2 is 2.06 bits per heavy atom. The summed E-state index contributed by atoms with van der Waals surface area (Å²) in [4.78, 5) is 0. The van der Waals surface area contributed by atoms with Crippen molar-refractivity contribution in [3.8, 4) is 5.75 Å². The average Bonchev–Trinajstić information content (AvgIpc) is 3.00. The van der Waals surface area contributed by atoms with Crippen LogP contribution in [-0.2, 0) is 0 Å². The number of hydrogen-bond acceptors (Lipinski definition) is 2. The quantitative estimate of drug-likeness (QED) is 0.855. The minimum atomic E-state index is -0.638. The Hall–Kier alpha value is -1.16. The molecule has 0 heterocycles. The Morgan fingerprint density at radius 3 is 2.59 bits per heavy atom. The van der Waals surface area contributed by atoms with Crippen LogP contribution in [0.4, 0.5) is 8.78 Å². The van der Waals surface area contributed by atoms with E-state index in [4.69, 9.17) is 4.74 Å². The summed E-state index contributed by atoms with van der Waals surface area (Å²) in [5, 5.41) is 3.28. The highest BCUT2D eigenvalue weighted by atomic mass is 19.1. The Kier molecular flexibility index (Phi) is 3.33. The largest absolute Gasteiger partial charge is 0.483 e. The Balaban J connectivity index is 2.00. The van der Waals surface area contributed by atoms with Gasteiger partial charge in [0, 0.05) is 18.7 Å². The van der Waals surface area contributed by atoms with Gasteiger partial charge in [0.1, 0.15) is 11.4 Å². The molecule has 4 heteroatoms. The lowest BCUT2D eigenvalue weighted by atomic mass is 10.2. The van der Waals surface area contributed by atoms with Gasteiger partial charge in [0.2, 0.25) is 0 Å². The van der Waals surface area contributed by atoms with Crippen molar-refractivity contribution < 1.29 is 13.5 Å². The van der Waals surface area contributed by atoms with E-state index in [2.05, 4.69) is 19.2 Å². The number of hydrogen-bond donors (Lipinski definition) is 1. The van der Waals surface area contributed by atoms with Gasteiger partial charge in [-0.15, -0.1) is 0 Å². The third-order valence-corrected chi connectivity index (χ3v) is 2.86. The summed E-state index contributed by atoms with van der Waals surface area (Å²) in [6, 6.07) is 3.78. The summed E-state index contributed by atoms with van der Waals surface area (Å²) in [5.41, 5.74) is -0.303. The molecule has 1 fully saturated rings. The van der Waals surface area contributed by atoms with E-state index in [0.717, 1.165) is 18.9 Å². The summed E-state index contributed by atoms with van der Waals surface area (Å²) in [6.07, 6.45) is 1.81. The van der Waals surface area contributed by atoms with E-state index in [1.807, 2.05) is 0 Å². The summed E-state index contributed by atoms with van der Waals surface area (Å²) in [5.74, 6) is -1.09. The summed E-state index contributed by atoms with van der Waals surface area (Å²) in [6.45, 7) is 4.80. The second kappa shape index (κ2) is 4.61. The fourth-order valence-electron chi connectivity index (χ4n) is 1.64. The van der Waals surface area contributed by atoms with Crippen LogP contribution in [0, 0.1) is 11.6 Å². The first-order valence-electron chi connectivity index (χ1n) is 5.88. The molecule has 1 aliphatic rings. The lowest BCUT2D eigenvalue weighted by Gasteiger charge is -2.20. The van der Waals surface area contributed by atoms with Gasteiger partial charge in [-0.25, -0.2) is 8.78 Å². The first kappa shape index (κ1) is 12.3. The minimum absolute atomic E-state index is 0.134. The molecule has 17 heavy (non-hydrogen) atoms. The maximum absolute atomic E-state index is 13.4. The van der Waals surface area contributed by atoms with Gasteiger partial charge in [-0.05, 0) is 25.0 Å². The second-order valence-corrected chi connectivity index (χ2v) is 4.90. The molecule has 2 rings (SSSR count). The van der Waals surface area contributed by atoms with E-state index in [9.17, 15) is 8.78 Å². The zero-order valence-electron chi connectivity index (χ0n) is 10.1. The number of nitrogens with one attached hydrogen (secondary N) is 1. The van der Waals surface area contributed by atoms with Crippen LogP contribution in [0.2, 0.25) is 0 Å². The molecule has 0 bridgehead atoms. The molecule has 1 aromatic carbocycles. The molecule has 0 aromatic heterocycles. The minimum Gasteiger partial charge on any atom is -0.483 e. The molecule has 0 radical (unpaired) electrons. The van der Waals surface area contributed by atoms with Crippen molar-refractivity contribution in [1.29, 1.82) is 0 Å². The van der Waals surface area contributed by atoms with E-state index in [0.29, 0.717) is 12.6 Å². The van der Waals surface area contributed by atoms with Gasteiger partial charge in [-0.1, -0.05) is 13.8 Å². The van der Waals surface area contributed by atoms with Crippen molar-refractivity contribution in [3.05, 3.63) is 29.8 Å². The van der Waals surface area contributed by atoms with Gasteiger partial charge in [-0.2, -0.15) is 0 Å².